The largest absolute Gasteiger partial charge is 0.489 e. The number of nitro benzene ring substituents is 1. The summed E-state index contributed by atoms with van der Waals surface area (Å²) in [6.07, 6.45) is 1.03. The average molecular weight is 467 g/mol. The minimum absolute atomic E-state index is 0.0238. The third-order valence-corrected chi connectivity index (χ3v) is 4.63. The molecule has 0 aliphatic rings. The topological polar surface area (TPSA) is 123 Å². The summed E-state index contributed by atoms with van der Waals surface area (Å²) in [5.74, 6) is -0.477. The Bertz CT molecular complexity index is 1160. The van der Waals surface area contributed by atoms with E-state index in [-0.39, 0.29) is 12.3 Å². The predicted molar refractivity (Wildman–Crippen MR) is 124 cm³/mol. The molecule has 10 heteroatoms. The number of para-hydroxylation sites is 1. The molecular weight excluding hydrogens is 448 g/mol. The number of nitrogens with zero attached hydrogens (tertiary/aromatic N) is 2. The van der Waals surface area contributed by atoms with E-state index in [1.807, 2.05) is 0 Å². The van der Waals surface area contributed by atoms with Gasteiger partial charge in [0.1, 0.15) is 18.8 Å². The molecule has 0 heterocycles. The first-order valence-electron chi connectivity index (χ1n) is 9.73. The van der Waals surface area contributed by atoms with Crippen LogP contribution in [0.5, 0.6) is 5.75 Å². The second-order valence-corrected chi connectivity index (χ2v) is 7.19. The van der Waals surface area contributed by atoms with Crippen LogP contribution >= 0.6 is 11.6 Å². The predicted octanol–water partition coefficient (Wildman–Crippen LogP) is 4.31. The van der Waals surface area contributed by atoms with Crippen LogP contribution in [-0.4, -0.2) is 23.0 Å². The highest BCUT2D eigenvalue weighted by molar-refractivity contribution is 6.33. The molecule has 0 aromatic heterocycles. The van der Waals surface area contributed by atoms with Crippen molar-refractivity contribution >= 4 is 41.0 Å². The van der Waals surface area contributed by atoms with Gasteiger partial charge in [-0.1, -0.05) is 23.7 Å². The van der Waals surface area contributed by atoms with Crippen LogP contribution in [0.1, 0.15) is 17.5 Å². The Morgan fingerprint density at radius 1 is 1.00 bits per heavy atom. The van der Waals surface area contributed by atoms with E-state index in [1.165, 1.54) is 18.3 Å². The molecule has 3 aromatic rings. The maximum Gasteiger partial charge on any atom is 0.269 e. The zero-order chi connectivity index (χ0) is 23.6. The molecule has 0 bridgehead atoms. The minimum Gasteiger partial charge on any atom is -0.489 e. The van der Waals surface area contributed by atoms with Crippen LogP contribution in [0.15, 0.2) is 77.9 Å². The quantitative estimate of drug-likeness (QED) is 0.210. The second kappa shape index (κ2) is 11.4. The number of non-ortho nitro benzene ring substituents is 1. The highest BCUT2D eigenvalue weighted by Gasteiger charge is 2.10. The lowest BCUT2D eigenvalue weighted by atomic mass is 10.2. The number of rotatable bonds is 9. The molecule has 0 atom stereocenters. The van der Waals surface area contributed by atoms with Gasteiger partial charge < -0.3 is 10.1 Å². The molecule has 0 saturated carbocycles. The van der Waals surface area contributed by atoms with Crippen molar-refractivity contribution in [1.29, 1.82) is 0 Å². The molecule has 0 unspecified atom stereocenters. The fourth-order valence-electron chi connectivity index (χ4n) is 2.65. The Hall–Kier alpha value is -4.24. The standard InChI is InChI=1S/C23H19ClN4O5/c24-20-3-1-2-4-21(20)26-22(29)13-23(30)27-25-14-16-7-11-19(12-8-16)33-15-17-5-9-18(10-6-17)28(31)32/h1-12,14H,13,15H2,(H,26,29)(H,27,30). The summed E-state index contributed by atoms with van der Waals surface area (Å²) in [5.41, 5.74) is 4.25. The number of hydrogen-bond acceptors (Lipinski definition) is 6. The molecule has 0 fully saturated rings. The highest BCUT2D eigenvalue weighted by Crippen LogP contribution is 2.20. The van der Waals surface area contributed by atoms with E-state index in [0.29, 0.717) is 22.0 Å². The van der Waals surface area contributed by atoms with Crippen LogP contribution in [0.3, 0.4) is 0 Å². The van der Waals surface area contributed by atoms with E-state index >= 15 is 0 Å². The van der Waals surface area contributed by atoms with Crippen LogP contribution in [0.4, 0.5) is 11.4 Å². The van der Waals surface area contributed by atoms with Gasteiger partial charge in [-0.3, -0.25) is 19.7 Å². The Kier molecular flexibility index (Phi) is 8.09. The van der Waals surface area contributed by atoms with E-state index in [1.54, 1.807) is 60.7 Å². The molecule has 0 aliphatic heterocycles. The molecule has 33 heavy (non-hydrogen) atoms. The number of anilines is 1. The van der Waals surface area contributed by atoms with Gasteiger partial charge in [0, 0.05) is 12.1 Å². The van der Waals surface area contributed by atoms with Crippen LogP contribution in [-0.2, 0) is 16.2 Å². The van der Waals surface area contributed by atoms with Crippen molar-refractivity contribution < 1.29 is 19.2 Å². The van der Waals surface area contributed by atoms with Gasteiger partial charge in [-0.2, -0.15) is 5.10 Å². The third-order valence-electron chi connectivity index (χ3n) is 4.30. The van der Waals surface area contributed by atoms with Crippen LogP contribution in [0.2, 0.25) is 5.02 Å². The molecule has 168 valence electrons. The summed E-state index contributed by atoms with van der Waals surface area (Å²) in [4.78, 5) is 34.0. The van der Waals surface area contributed by atoms with Crippen LogP contribution < -0.4 is 15.5 Å². The van der Waals surface area contributed by atoms with Gasteiger partial charge in [-0.05, 0) is 59.7 Å². The maximum atomic E-state index is 11.9. The van der Waals surface area contributed by atoms with Gasteiger partial charge in [-0.25, -0.2) is 5.43 Å². The summed E-state index contributed by atoms with van der Waals surface area (Å²) in [6, 6.07) is 19.8. The first kappa shape index (κ1) is 23.4. The van der Waals surface area contributed by atoms with Crippen molar-refractivity contribution in [2.24, 2.45) is 5.10 Å². The van der Waals surface area contributed by atoms with E-state index in [9.17, 15) is 19.7 Å². The smallest absolute Gasteiger partial charge is 0.269 e. The van der Waals surface area contributed by atoms with E-state index < -0.39 is 23.2 Å². The Balaban J connectivity index is 1.42. The minimum atomic E-state index is -0.571. The van der Waals surface area contributed by atoms with Gasteiger partial charge in [-0.15, -0.1) is 0 Å². The monoisotopic (exact) mass is 466 g/mol. The average Bonchev–Trinajstić information content (AvgIpc) is 2.80. The van der Waals surface area contributed by atoms with E-state index in [2.05, 4.69) is 15.8 Å². The Morgan fingerprint density at radius 2 is 1.70 bits per heavy atom. The fraction of sp³-hybridized carbons (Fsp3) is 0.0870. The van der Waals surface area contributed by atoms with Crippen LogP contribution in [0.25, 0.3) is 0 Å². The maximum absolute atomic E-state index is 11.9. The molecule has 0 spiro atoms. The molecule has 2 N–H and O–H groups in total. The summed E-state index contributed by atoms with van der Waals surface area (Å²) in [7, 11) is 0. The van der Waals surface area contributed by atoms with Gasteiger partial charge in [0.25, 0.3) is 5.69 Å². The molecule has 3 aromatic carbocycles. The number of benzene rings is 3. The number of carbonyl (C=O) groups is 2. The van der Waals surface area contributed by atoms with Crippen molar-refractivity contribution in [3.05, 3.63) is 99.1 Å². The van der Waals surface area contributed by atoms with Gasteiger partial charge in [0.2, 0.25) is 11.8 Å². The van der Waals surface area contributed by atoms with Crippen molar-refractivity contribution in [2.75, 3.05) is 5.32 Å². The lowest BCUT2D eigenvalue weighted by molar-refractivity contribution is -0.384. The molecule has 0 radical (unpaired) electrons. The van der Waals surface area contributed by atoms with Crippen molar-refractivity contribution in [2.45, 2.75) is 13.0 Å². The molecule has 0 aliphatic carbocycles. The molecule has 0 saturated heterocycles. The number of halogens is 1. The van der Waals surface area contributed by atoms with Crippen molar-refractivity contribution in [1.82, 2.24) is 5.43 Å². The number of nitro groups is 1. The first-order valence-corrected chi connectivity index (χ1v) is 10.1. The number of hydrazone groups is 1. The summed E-state index contributed by atoms with van der Waals surface area (Å²) in [5, 5.41) is 17.5. The molecule has 9 nitrogen and oxygen atoms in total. The summed E-state index contributed by atoms with van der Waals surface area (Å²) < 4.78 is 5.65. The summed E-state index contributed by atoms with van der Waals surface area (Å²) >= 11 is 5.96. The van der Waals surface area contributed by atoms with Crippen molar-refractivity contribution in [3.8, 4) is 5.75 Å². The molecular formula is C23H19ClN4O5. The van der Waals surface area contributed by atoms with Gasteiger partial charge in [0.15, 0.2) is 0 Å². The molecule has 3 rings (SSSR count). The highest BCUT2D eigenvalue weighted by atomic mass is 35.5. The van der Waals surface area contributed by atoms with E-state index in [4.69, 9.17) is 16.3 Å². The van der Waals surface area contributed by atoms with Gasteiger partial charge in [0.05, 0.1) is 21.8 Å². The zero-order valence-electron chi connectivity index (χ0n) is 17.2. The number of hydrogen-bond donors (Lipinski definition) is 2. The van der Waals surface area contributed by atoms with E-state index in [0.717, 1.165) is 5.56 Å². The molecule has 2 amide bonds. The van der Waals surface area contributed by atoms with Crippen molar-refractivity contribution in [3.63, 3.8) is 0 Å². The number of nitrogens with one attached hydrogen (secondary N) is 2. The SMILES string of the molecule is O=C(CC(=O)Nc1ccccc1Cl)NN=Cc1ccc(OCc2ccc([N+](=O)[O-])cc2)cc1. The fourth-order valence-corrected chi connectivity index (χ4v) is 2.83. The zero-order valence-corrected chi connectivity index (χ0v) is 18.0. The Morgan fingerprint density at radius 3 is 2.36 bits per heavy atom. The number of carbonyl (C=O) groups excluding carboxylic acids is 2. The van der Waals surface area contributed by atoms with Gasteiger partial charge >= 0.3 is 0 Å². The lowest BCUT2D eigenvalue weighted by Gasteiger charge is -2.07. The number of amides is 2. The second-order valence-electron chi connectivity index (χ2n) is 6.78. The third kappa shape index (κ3) is 7.44. The Labute approximate surface area is 194 Å². The normalized spacial score (nSPS) is 10.6. The number of ether oxygens (including phenoxy) is 1. The lowest BCUT2D eigenvalue weighted by Crippen LogP contribution is -2.24. The summed E-state index contributed by atoms with van der Waals surface area (Å²) in [6.45, 7) is 0.262. The first-order chi connectivity index (χ1) is 15.9. The van der Waals surface area contributed by atoms with Crippen LogP contribution in [0, 0.1) is 10.1 Å².